The first kappa shape index (κ1) is 12.2. The van der Waals surface area contributed by atoms with E-state index in [4.69, 9.17) is 17.3 Å². The van der Waals surface area contributed by atoms with E-state index in [9.17, 15) is 0 Å². The van der Waals surface area contributed by atoms with Crippen LogP contribution in [0.5, 0.6) is 0 Å². The maximum Gasteiger partial charge on any atom is 0.107 e. The van der Waals surface area contributed by atoms with Crippen molar-refractivity contribution >= 4 is 22.9 Å². The van der Waals surface area contributed by atoms with Crippen molar-refractivity contribution in [3.05, 3.63) is 50.4 Å². The van der Waals surface area contributed by atoms with E-state index in [-0.39, 0.29) is 0 Å². The number of fused-ring (bicyclic) bond motifs is 1. The van der Waals surface area contributed by atoms with E-state index in [1.165, 1.54) is 16.1 Å². The van der Waals surface area contributed by atoms with Gasteiger partial charge in [-0.25, -0.2) is 4.98 Å². The third-order valence-corrected chi connectivity index (χ3v) is 4.99. The van der Waals surface area contributed by atoms with Crippen LogP contribution in [0, 0.1) is 0 Å². The zero-order valence-electron chi connectivity index (χ0n) is 10.0. The number of aryl methyl sites for hydroxylation is 1. The summed E-state index contributed by atoms with van der Waals surface area (Å²) in [7, 11) is 0. The molecule has 3 rings (SSSR count). The molecule has 18 heavy (non-hydrogen) atoms. The number of hydrogen-bond acceptors (Lipinski definition) is 3. The second-order valence-corrected chi connectivity index (χ2v) is 6.22. The topological polar surface area (TPSA) is 38.9 Å². The Labute approximate surface area is 116 Å². The fourth-order valence-corrected chi connectivity index (χ4v) is 3.95. The van der Waals surface area contributed by atoms with Crippen molar-refractivity contribution in [2.45, 2.75) is 31.7 Å². The largest absolute Gasteiger partial charge is 0.325 e. The van der Waals surface area contributed by atoms with Crippen molar-refractivity contribution in [3.63, 3.8) is 0 Å². The molecule has 0 fully saturated rings. The Morgan fingerprint density at radius 1 is 1.39 bits per heavy atom. The van der Waals surface area contributed by atoms with Gasteiger partial charge in [-0.05, 0) is 36.8 Å². The number of aromatic nitrogens is 1. The Morgan fingerprint density at radius 2 is 2.22 bits per heavy atom. The van der Waals surface area contributed by atoms with Gasteiger partial charge in [0.2, 0.25) is 0 Å². The first-order valence-electron chi connectivity index (χ1n) is 6.20. The van der Waals surface area contributed by atoms with E-state index >= 15 is 0 Å². The van der Waals surface area contributed by atoms with Gasteiger partial charge in [0.15, 0.2) is 0 Å². The monoisotopic (exact) mass is 278 g/mol. The Kier molecular flexibility index (Phi) is 3.37. The molecule has 0 bridgehead atoms. The van der Waals surface area contributed by atoms with Crippen LogP contribution >= 0.6 is 22.9 Å². The summed E-state index contributed by atoms with van der Waals surface area (Å²) in [6.07, 6.45) is 3.23. The quantitative estimate of drug-likeness (QED) is 0.913. The first-order valence-corrected chi connectivity index (χ1v) is 7.39. The van der Waals surface area contributed by atoms with Crippen LogP contribution in [0.2, 0.25) is 5.02 Å². The van der Waals surface area contributed by atoms with E-state index in [2.05, 4.69) is 17.1 Å². The smallest absolute Gasteiger partial charge is 0.107 e. The summed E-state index contributed by atoms with van der Waals surface area (Å²) in [5.41, 5.74) is 8.18. The van der Waals surface area contributed by atoms with Gasteiger partial charge in [-0.2, -0.15) is 0 Å². The number of rotatable bonds is 2. The summed E-state index contributed by atoms with van der Waals surface area (Å²) < 4.78 is 0. The second-order valence-electron chi connectivity index (χ2n) is 4.64. The van der Waals surface area contributed by atoms with E-state index in [0.29, 0.717) is 12.5 Å². The van der Waals surface area contributed by atoms with Crippen LogP contribution in [0.1, 0.15) is 33.5 Å². The molecule has 1 heterocycles. The molecule has 1 aromatic heterocycles. The van der Waals surface area contributed by atoms with E-state index in [1.807, 2.05) is 12.1 Å². The SMILES string of the molecule is NCc1nc2c(s1)CC(c1ccccc1Cl)CC2. The maximum absolute atomic E-state index is 6.28. The van der Waals surface area contributed by atoms with Crippen molar-refractivity contribution in [1.82, 2.24) is 4.98 Å². The number of benzene rings is 1. The summed E-state index contributed by atoms with van der Waals surface area (Å²) in [6, 6.07) is 8.17. The average molecular weight is 279 g/mol. The summed E-state index contributed by atoms with van der Waals surface area (Å²) in [4.78, 5) is 5.98. The average Bonchev–Trinajstić information content (AvgIpc) is 2.81. The molecule has 0 saturated heterocycles. The number of hydrogen-bond donors (Lipinski definition) is 1. The van der Waals surface area contributed by atoms with Crippen LogP contribution in [0.25, 0.3) is 0 Å². The van der Waals surface area contributed by atoms with E-state index in [1.54, 1.807) is 11.3 Å². The van der Waals surface area contributed by atoms with Gasteiger partial charge in [0.25, 0.3) is 0 Å². The molecular weight excluding hydrogens is 264 g/mol. The van der Waals surface area contributed by atoms with Crippen molar-refractivity contribution in [2.24, 2.45) is 5.73 Å². The van der Waals surface area contributed by atoms with Gasteiger partial charge < -0.3 is 5.73 Å². The van der Waals surface area contributed by atoms with Crippen molar-refractivity contribution in [3.8, 4) is 0 Å². The number of thiazole rings is 1. The molecule has 0 aliphatic heterocycles. The first-order chi connectivity index (χ1) is 8.78. The molecule has 2 nitrogen and oxygen atoms in total. The minimum atomic E-state index is 0.525. The van der Waals surface area contributed by atoms with Crippen LogP contribution in [0.15, 0.2) is 24.3 Å². The van der Waals surface area contributed by atoms with Gasteiger partial charge >= 0.3 is 0 Å². The van der Waals surface area contributed by atoms with Crippen molar-refractivity contribution in [1.29, 1.82) is 0 Å². The summed E-state index contributed by atoms with van der Waals surface area (Å²) >= 11 is 8.05. The molecule has 1 aromatic carbocycles. The Hall–Kier alpha value is -0.900. The minimum Gasteiger partial charge on any atom is -0.325 e. The molecule has 0 amide bonds. The van der Waals surface area contributed by atoms with E-state index in [0.717, 1.165) is 29.3 Å². The third kappa shape index (κ3) is 2.18. The van der Waals surface area contributed by atoms with Gasteiger partial charge in [0, 0.05) is 16.4 Å². The Bertz CT molecular complexity index is 565. The van der Waals surface area contributed by atoms with Crippen LogP contribution < -0.4 is 5.73 Å². The van der Waals surface area contributed by atoms with Crippen molar-refractivity contribution in [2.75, 3.05) is 0 Å². The normalized spacial score (nSPS) is 18.7. The lowest BCUT2D eigenvalue weighted by molar-refractivity contribution is 0.584. The Balaban J connectivity index is 1.88. The fourth-order valence-electron chi connectivity index (χ4n) is 2.59. The van der Waals surface area contributed by atoms with Gasteiger partial charge in [-0.15, -0.1) is 11.3 Å². The Morgan fingerprint density at radius 3 is 3.00 bits per heavy atom. The molecule has 94 valence electrons. The molecular formula is C14H15ClN2S. The van der Waals surface area contributed by atoms with Gasteiger partial charge in [0.1, 0.15) is 5.01 Å². The molecule has 1 unspecified atom stereocenters. The van der Waals surface area contributed by atoms with Gasteiger partial charge in [0.05, 0.1) is 5.69 Å². The minimum absolute atomic E-state index is 0.525. The molecule has 1 aliphatic carbocycles. The predicted octanol–water partition coefficient (Wildman–Crippen LogP) is 3.53. The molecule has 4 heteroatoms. The summed E-state index contributed by atoms with van der Waals surface area (Å²) in [6.45, 7) is 0.550. The lowest BCUT2D eigenvalue weighted by Crippen LogP contribution is -2.11. The maximum atomic E-state index is 6.28. The second kappa shape index (κ2) is 5.00. The number of halogens is 1. The lowest BCUT2D eigenvalue weighted by atomic mass is 9.85. The highest BCUT2D eigenvalue weighted by Crippen LogP contribution is 2.37. The number of nitrogens with two attached hydrogens (primary N) is 1. The highest BCUT2D eigenvalue weighted by Gasteiger charge is 2.24. The van der Waals surface area contributed by atoms with Crippen LogP contribution in [-0.4, -0.2) is 4.98 Å². The molecule has 2 N–H and O–H groups in total. The molecule has 1 atom stereocenters. The predicted molar refractivity (Wildman–Crippen MR) is 76.2 cm³/mol. The number of nitrogens with zero attached hydrogens (tertiary/aromatic N) is 1. The lowest BCUT2D eigenvalue weighted by Gasteiger charge is -2.22. The van der Waals surface area contributed by atoms with Gasteiger partial charge in [-0.1, -0.05) is 29.8 Å². The van der Waals surface area contributed by atoms with Crippen LogP contribution in [0.4, 0.5) is 0 Å². The molecule has 0 spiro atoms. The van der Waals surface area contributed by atoms with E-state index < -0.39 is 0 Å². The highest BCUT2D eigenvalue weighted by molar-refractivity contribution is 7.11. The van der Waals surface area contributed by atoms with Crippen molar-refractivity contribution < 1.29 is 0 Å². The third-order valence-electron chi connectivity index (χ3n) is 3.50. The summed E-state index contributed by atoms with van der Waals surface area (Å²) in [5.74, 6) is 0.525. The molecule has 0 radical (unpaired) electrons. The molecule has 0 saturated carbocycles. The fraction of sp³-hybridized carbons (Fsp3) is 0.357. The highest BCUT2D eigenvalue weighted by atomic mass is 35.5. The standard InChI is InChI=1S/C14H15ClN2S/c15-11-4-2-1-3-10(11)9-5-6-12-13(7-9)18-14(8-16)17-12/h1-4,9H,5-8,16H2. The zero-order valence-corrected chi connectivity index (χ0v) is 11.6. The molecule has 1 aliphatic rings. The zero-order chi connectivity index (χ0) is 12.5. The summed E-state index contributed by atoms with van der Waals surface area (Å²) in [5, 5.41) is 1.94. The van der Waals surface area contributed by atoms with Crippen LogP contribution in [0.3, 0.4) is 0 Å². The van der Waals surface area contributed by atoms with Gasteiger partial charge in [-0.3, -0.25) is 0 Å². The molecule has 2 aromatic rings. The van der Waals surface area contributed by atoms with Crippen LogP contribution in [-0.2, 0) is 19.4 Å².